The van der Waals surface area contributed by atoms with Crippen LogP contribution in [-0.4, -0.2) is 27.5 Å². The van der Waals surface area contributed by atoms with E-state index in [1.54, 1.807) is 19.2 Å². The molecule has 2 aromatic carbocycles. The van der Waals surface area contributed by atoms with Crippen LogP contribution < -0.4 is 16.4 Å². The van der Waals surface area contributed by atoms with Gasteiger partial charge in [-0.1, -0.05) is 12.1 Å². The molecule has 0 bridgehead atoms. The van der Waals surface area contributed by atoms with Gasteiger partial charge in [0.05, 0.1) is 17.1 Å². The molecule has 33 heavy (non-hydrogen) atoms. The van der Waals surface area contributed by atoms with Crippen LogP contribution in [0.1, 0.15) is 36.1 Å². The molecule has 4 N–H and O–H groups in total. The highest BCUT2D eigenvalue weighted by atomic mass is 19.4. The third kappa shape index (κ3) is 4.11. The summed E-state index contributed by atoms with van der Waals surface area (Å²) in [5.41, 5.74) is 8.76. The first kappa shape index (κ1) is 21.3. The van der Waals surface area contributed by atoms with Gasteiger partial charge in [0.15, 0.2) is 0 Å². The van der Waals surface area contributed by atoms with E-state index in [9.17, 15) is 13.2 Å². The number of nitrogens with two attached hydrogens (primary N) is 1. The van der Waals surface area contributed by atoms with Crippen molar-refractivity contribution in [3.05, 3.63) is 71.6 Å². The smallest absolute Gasteiger partial charge is 0.399 e. The number of imidazole rings is 1. The summed E-state index contributed by atoms with van der Waals surface area (Å²) in [7, 11) is 0. The Kier molecular flexibility index (Phi) is 5.20. The van der Waals surface area contributed by atoms with Crippen LogP contribution in [-0.2, 0) is 6.18 Å². The van der Waals surface area contributed by atoms with Gasteiger partial charge in [-0.3, -0.25) is 4.40 Å². The highest BCUT2D eigenvalue weighted by Crippen LogP contribution is 2.34. The molecular weight excluding hydrogens is 429 g/mol. The largest absolute Gasteiger partial charge is 0.416 e. The number of nitrogens with one attached hydrogen (secondary N) is 2. The standard InChI is InChI=1S/C24H23F3N6/c1-14(17-10-18(24(25,26)27)13-19(28)11-17)31-22-20-12-16(15-4-6-29-7-5-15)2-3-21(20)33-9-8-30-23(33)32-22/h2-4,8-14,29H,5-7,28H2,1H3,(H,30,31,32)/t14-/m1/s1. The van der Waals surface area contributed by atoms with Crippen molar-refractivity contribution in [1.82, 2.24) is 19.7 Å². The second-order valence-corrected chi connectivity index (χ2v) is 8.23. The Morgan fingerprint density at radius 2 is 2.03 bits per heavy atom. The van der Waals surface area contributed by atoms with Gasteiger partial charge < -0.3 is 16.4 Å². The zero-order chi connectivity index (χ0) is 23.2. The van der Waals surface area contributed by atoms with E-state index in [4.69, 9.17) is 5.73 Å². The number of hydrogen-bond donors (Lipinski definition) is 3. The Morgan fingerprint density at radius 1 is 1.18 bits per heavy atom. The number of hydrogen-bond acceptors (Lipinski definition) is 5. The number of nitrogens with zero attached hydrogens (tertiary/aromatic N) is 3. The average Bonchev–Trinajstić information content (AvgIpc) is 3.27. The van der Waals surface area contributed by atoms with Crippen LogP contribution in [0.3, 0.4) is 0 Å². The van der Waals surface area contributed by atoms with Crippen LogP contribution >= 0.6 is 0 Å². The molecule has 5 rings (SSSR count). The average molecular weight is 452 g/mol. The molecule has 3 heterocycles. The summed E-state index contributed by atoms with van der Waals surface area (Å²) < 4.78 is 41.8. The van der Waals surface area contributed by atoms with E-state index >= 15 is 0 Å². The number of fused-ring (bicyclic) bond motifs is 3. The minimum atomic E-state index is -4.47. The lowest BCUT2D eigenvalue weighted by molar-refractivity contribution is -0.137. The van der Waals surface area contributed by atoms with Gasteiger partial charge in [-0.15, -0.1) is 0 Å². The first-order valence-electron chi connectivity index (χ1n) is 10.7. The summed E-state index contributed by atoms with van der Waals surface area (Å²) in [4.78, 5) is 8.97. The normalized spacial score (nSPS) is 15.6. The van der Waals surface area contributed by atoms with Gasteiger partial charge in [0.2, 0.25) is 5.78 Å². The molecule has 6 nitrogen and oxygen atoms in total. The number of alkyl halides is 3. The minimum Gasteiger partial charge on any atom is -0.399 e. The zero-order valence-corrected chi connectivity index (χ0v) is 17.9. The molecule has 1 aliphatic heterocycles. The third-order valence-corrected chi connectivity index (χ3v) is 5.94. The van der Waals surface area contributed by atoms with Gasteiger partial charge in [0, 0.05) is 30.0 Å². The molecule has 0 saturated carbocycles. The Hall–Kier alpha value is -3.59. The lowest BCUT2D eigenvalue weighted by atomic mass is 9.98. The van der Waals surface area contributed by atoms with Crippen molar-refractivity contribution in [2.75, 3.05) is 24.1 Å². The van der Waals surface area contributed by atoms with Crippen LogP contribution in [0.2, 0.25) is 0 Å². The number of halogens is 3. The molecule has 0 aliphatic carbocycles. The highest BCUT2D eigenvalue weighted by molar-refractivity contribution is 5.93. The molecule has 0 fully saturated rings. The SMILES string of the molecule is C[C@@H](Nc1nc2nccn2c2ccc(C3=CCNCC3)cc12)c1cc(N)cc(C(F)(F)F)c1. The fourth-order valence-corrected chi connectivity index (χ4v) is 4.24. The maximum atomic E-state index is 13.3. The summed E-state index contributed by atoms with van der Waals surface area (Å²) in [6.07, 6.45) is 2.14. The molecule has 1 aliphatic rings. The maximum absolute atomic E-state index is 13.3. The Balaban J connectivity index is 1.59. The van der Waals surface area contributed by atoms with Gasteiger partial charge in [-0.05, 0) is 66.9 Å². The lowest BCUT2D eigenvalue weighted by Crippen LogP contribution is -2.20. The molecule has 0 amide bonds. The van der Waals surface area contributed by atoms with Gasteiger partial charge >= 0.3 is 6.18 Å². The van der Waals surface area contributed by atoms with Crippen molar-refractivity contribution >= 4 is 33.8 Å². The Labute approximate surface area is 188 Å². The molecule has 170 valence electrons. The quantitative estimate of drug-likeness (QED) is 0.378. The third-order valence-electron chi connectivity index (χ3n) is 5.94. The molecule has 2 aromatic heterocycles. The van der Waals surface area contributed by atoms with E-state index < -0.39 is 17.8 Å². The monoisotopic (exact) mass is 452 g/mol. The van der Waals surface area contributed by atoms with Gasteiger partial charge in [-0.2, -0.15) is 18.2 Å². The molecule has 1 atom stereocenters. The van der Waals surface area contributed by atoms with Crippen LogP contribution in [0.4, 0.5) is 24.7 Å². The van der Waals surface area contributed by atoms with E-state index in [2.05, 4.69) is 38.8 Å². The predicted molar refractivity (Wildman–Crippen MR) is 124 cm³/mol. The van der Waals surface area contributed by atoms with Crippen LogP contribution in [0.25, 0.3) is 22.3 Å². The summed E-state index contributed by atoms with van der Waals surface area (Å²) in [5.74, 6) is 1.07. The highest BCUT2D eigenvalue weighted by Gasteiger charge is 2.31. The fraction of sp³-hybridized carbons (Fsp3) is 0.250. The number of aromatic nitrogens is 3. The van der Waals surface area contributed by atoms with E-state index in [0.717, 1.165) is 48.1 Å². The van der Waals surface area contributed by atoms with Crippen LogP contribution in [0, 0.1) is 0 Å². The second kappa shape index (κ2) is 8.08. The van der Waals surface area contributed by atoms with Gasteiger partial charge in [0.25, 0.3) is 0 Å². The van der Waals surface area contributed by atoms with Crippen molar-refractivity contribution in [3.8, 4) is 0 Å². The molecule has 0 saturated heterocycles. The Morgan fingerprint density at radius 3 is 2.79 bits per heavy atom. The molecule has 0 spiro atoms. The number of nitrogen functional groups attached to an aromatic ring is 1. The Bertz CT molecular complexity index is 1370. The fourth-order valence-electron chi connectivity index (χ4n) is 4.24. The number of benzene rings is 2. The first-order valence-corrected chi connectivity index (χ1v) is 10.7. The maximum Gasteiger partial charge on any atom is 0.416 e. The van der Waals surface area contributed by atoms with Gasteiger partial charge in [0.1, 0.15) is 5.82 Å². The minimum absolute atomic E-state index is 0.0649. The van der Waals surface area contributed by atoms with Crippen LogP contribution in [0.5, 0.6) is 0 Å². The second-order valence-electron chi connectivity index (χ2n) is 8.23. The number of rotatable bonds is 4. The van der Waals surface area contributed by atoms with E-state index in [1.165, 1.54) is 5.57 Å². The zero-order valence-electron chi connectivity index (χ0n) is 17.9. The lowest BCUT2D eigenvalue weighted by Gasteiger charge is -2.20. The predicted octanol–water partition coefficient (Wildman–Crippen LogP) is 5.03. The molecule has 9 heteroatoms. The van der Waals surface area contributed by atoms with Crippen LogP contribution in [0.15, 0.2) is 54.9 Å². The topological polar surface area (TPSA) is 80.3 Å². The molecular formula is C24H23F3N6. The molecule has 0 unspecified atom stereocenters. The van der Waals surface area contributed by atoms with Crippen molar-refractivity contribution in [3.63, 3.8) is 0 Å². The summed E-state index contributed by atoms with van der Waals surface area (Å²) >= 11 is 0. The number of anilines is 2. The van der Waals surface area contributed by atoms with Gasteiger partial charge in [-0.25, -0.2) is 4.98 Å². The molecule has 4 aromatic rings. The van der Waals surface area contributed by atoms with Crippen molar-refractivity contribution in [2.45, 2.75) is 25.6 Å². The van der Waals surface area contributed by atoms with Crippen molar-refractivity contribution in [2.24, 2.45) is 0 Å². The first-order chi connectivity index (χ1) is 15.8. The summed E-state index contributed by atoms with van der Waals surface area (Å²) in [6, 6.07) is 9.34. The summed E-state index contributed by atoms with van der Waals surface area (Å²) in [6.45, 7) is 3.53. The van der Waals surface area contributed by atoms with E-state index in [-0.39, 0.29) is 5.69 Å². The van der Waals surface area contributed by atoms with E-state index in [0.29, 0.717) is 17.2 Å². The van der Waals surface area contributed by atoms with E-state index in [1.807, 2.05) is 16.7 Å². The molecule has 0 radical (unpaired) electrons. The van der Waals surface area contributed by atoms with Crippen molar-refractivity contribution < 1.29 is 13.2 Å². The van der Waals surface area contributed by atoms with Crippen molar-refractivity contribution in [1.29, 1.82) is 0 Å². The summed E-state index contributed by atoms with van der Waals surface area (Å²) in [5, 5.41) is 7.48.